The minimum atomic E-state index is -0.224. The van der Waals surface area contributed by atoms with Crippen LogP contribution in [0, 0.1) is 10.1 Å². The zero-order chi connectivity index (χ0) is 17.5. The quantitative estimate of drug-likeness (QED) is 0.585. The van der Waals surface area contributed by atoms with Gasteiger partial charge in [0.1, 0.15) is 0 Å². The molecule has 2 aliphatic heterocycles. The monoisotopic (exact) mass is 371 g/mol. The molecule has 1 aromatic rings. The van der Waals surface area contributed by atoms with Crippen molar-refractivity contribution in [3.05, 3.63) is 37.2 Å². The van der Waals surface area contributed by atoms with Crippen molar-refractivity contribution in [2.24, 2.45) is 0 Å². The lowest BCUT2D eigenvalue weighted by Crippen LogP contribution is -2.53. The molecule has 0 radical (unpaired) electrons. The Balaban J connectivity index is 1.89. The number of fused-ring (bicyclic) bond motifs is 1. The molecule has 7 nitrogen and oxygen atoms in total. The second-order valence-electron chi connectivity index (χ2n) is 6.80. The molecule has 1 fully saturated rings. The molecule has 0 aliphatic carbocycles. The minimum Gasteiger partial charge on any atom is -0.346 e. The third kappa shape index (κ3) is 3.22. The second-order valence-corrected chi connectivity index (χ2v) is 8.49. The predicted octanol–water partition coefficient (Wildman–Crippen LogP) is 2.82. The molecular formula is C15H22ClN5O2S. The van der Waals surface area contributed by atoms with Crippen molar-refractivity contribution < 1.29 is 4.92 Å². The van der Waals surface area contributed by atoms with Gasteiger partial charge in [-0.3, -0.25) is 15.0 Å². The molecule has 132 valence electrons. The largest absolute Gasteiger partial charge is 0.346 e. The highest BCUT2D eigenvalue weighted by Gasteiger charge is 2.42. The normalized spacial score (nSPS) is 19.2. The van der Waals surface area contributed by atoms with Crippen LogP contribution in [0.25, 0.3) is 0 Å². The Hall–Kier alpha value is -1.38. The summed E-state index contributed by atoms with van der Waals surface area (Å²) < 4.78 is 0.504. The Kier molecular flexibility index (Phi) is 4.72. The Morgan fingerprint density at radius 3 is 2.79 bits per heavy atom. The first-order chi connectivity index (χ1) is 11.3. The van der Waals surface area contributed by atoms with Crippen LogP contribution >= 0.6 is 22.9 Å². The van der Waals surface area contributed by atoms with Crippen molar-refractivity contribution in [3.8, 4) is 0 Å². The van der Waals surface area contributed by atoms with E-state index in [2.05, 4.69) is 40.5 Å². The summed E-state index contributed by atoms with van der Waals surface area (Å²) in [5.74, 6) is 0.757. The Labute approximate surface area is 150 Å². The van der Waals surface area contributed by atoms with Gasteiger partial charge in [0, 0.05) is 29.7 Å². The first-order valence-corrected chi connectivity index (χ1v) is 9.24. The van der Waals surface area contributed by atoms with Gasteiger partial charge in [-0.05, 0) is 20.3 Å². The van der Waals surface area contributed by atoms with Crippen LogP contribution in [0.3, 0.4) is 0 Å². The Bertz CT molecular complexity index is 675. The Morgan fingerprint density at radius 2 is 2.21 bits per heavy atom. The smallest absolute Gasteiger partial charge is 0.300 e. The van der Waals surface area contributed by atoms with E-state index in [-0.39, 0.29) is 16.2 Å². The number of nitrogens with zero attached hydrogens (tertiary/aromatic N) is 5. The summed E-state index contributed by atoms with van der Waals surface area (Å²) in [6, 6.07) is 0. The van der Waals surface area contributed by atoms with Gasteiger partial charge in [-0.1, -0.05) is 18.5 Å². The van der Waals surface area contributed by atoms with Gasteiger partial charge in [0.2, 0.25) is 0 Å². The SMILES string of the molecule is CCC(C)(C)N1CC([N+](=O)[O-])=C2N(Cc3cnc(Cl)s3)CCN2C1. The van der Waals surface area contributed by atoms with Gasteiger partial charge in [-0.15, -0.1) is 11.3 Å². The van der Waals surface area contributed by atoms with Crippen molar-refractivity contribution >= 4 is 22.9 Å². The van der Waals surface area contributed by atoms with Crippen molar-refractivity contribution in [1.29, 1.82) is 0 Å². The molecule has 0 bridgehead atoms. The van der Waals surface area contributed by atoms with E-state index < -0.39 is 0 Å². The fourth-order valence-corrected chi connectivity index (χ4v) is 4.12. The van der Waals surface area contributed by atoms with E-state index in [1.165, 1.54) is 11.3 Å². The van der Waals surface area contributed by atoms with E-state index in [4.69, 9.17) is 11.6 Å². The summed E-state index contributed by atoms with van der Waals surface area (Å²) >= 11 is 7.32. The molecule has 3 heterocycles. The van der Waals surface area contributed by atoms with Crippen molar-refractivity contribution in [2.45, 2.75) is 39.3 Å². The minimum absolute atomic E-state index is 0.0641. The van der Waals surface area contributed by atoms with Crippen LogP contribution in [0.4, 0.5) is 0 Å². The van der Waals surface area contributed by atoms with Crippen molar-refractivity contribution in [3.63, 3.8) is 0 Å². The maximum atomic E-state index is 11.7. The number of hydrogen-bond acceptors (Lipinski definition) is 7. The maximum absolute atomic E-state index is 11.7. The molecule has 0 N–H and O–H groups in total. The van der Waals surface area contributed by atoms with E-state index in [1.54, 1.807) is 6.20 Å². The van der Waals surface area contributed by atoms with E-state index >= 15 is 0 Å². The highest BCUT2D eigenvalue weighted by atomic mass is 35.5. The molecule has 0 aromatic carbocycles. The van der Waals surface area contributed by atoms with Gasteiger partial charge < -0.3 is 9.80 Å². The molecular weight excluding hydrogens is 350 g/mol. The van der Waals surface area contributed by atoms with E-state index in [0.29, 0.717) is 17.6 Å². The number of nitro groups is 1. The molecule has 0 unspecified atom stereocenters. The maximum Gasteiger partial charge on any atom is 0.300 e. The van der Waals surface area contributed by atoms with E-state index in [0.717, 1.165) is 36.9 Å². The second kappa shape index (κ2) is 6.50. The van der Waals surface area contributed by atoms with Crippen LogP contribution in [-0.2, 0) is 6.54 Å². The summed E-state index contributed by atoms with van der Waals surface area (Å²) in [7, 11) is 0. The van der Waals surface area contributed by atoms with Crippen LogP contribution in [-0.4, -0.2) is 56.4 Å². The number of thiazole rings is 1. The van der Waals surface area contributed by atoms with Gasteiger partial charge in [-0.2, -0.15) is 0 Å². The van der Waals surface area contributed by atoms with Gasteiger partial charge in [0.15, 0.2) is 10.3 Å². The van der Waals surface area contributed by atoms with Gasteiger partial charge in [-0.25, -0.2) is 4.98 Å². The molecule has 1 saturated heterocycles. The van der Waals surface area contributed by atoms with Crippen LogP contribution in [0.2, 0.25) is 4.47 Å². The average Bonchev–Trinajstić information content (AvgIpc) is 3.13. The number of hydrogen-bond donors (Lipinski definition) is 0. The van der Waals surface area contributed by atoms with Gasteiger partial charge in [0.05, 0.1) is 24.7 Å². The molecule has 0 saturated carbocycles. The fraction of sp³-hybridized carbons (Fsp3) is 0.667. The molecule has 0 amide bonds. The van der Waals surface area contributed by atoms with Crippen LogP contribution in [0.1, 0.15) is 32.1 Å². The molecule has 2 aliphatic rings. The predicted molar refractivity (Wildman–Crippen MR) is 94.2 cm³/mol. The van der Waals surface area contributed by atoms with Crippen LogP contribution < -0.4 is 0 Å². The Morgan fingerprint density at radius 1 is 1.46 bits per heavy atom. The first kappa shape index (κ1) is 17.4. The summed E-state index contributed by atoms with van der Waals surface area (Å²) in [4.78, 5) is 23.0. The van der Waals surface area contributed by atoms with Crippen LogP contribution in [0.15, 0.2) is 17.7 Å². The number of aromatic nitrogens is 1. The topological polar surface area (TPSA) is 65.8 Å². The summed E-state index contributed by atoms with van der Waals surface area (Å²) in [5, 5.41) is 11.7. The third-order valence-electron chi connectivity index (χ3n) is 4.99. The van der Waals surface area contributed by atoms with Crippen LogP contribution in [0.5, 0.6) is 0 Å². The first-order valence-electron chi connectivity index (χ1n) is 8.04. The van der Waals surface area contributed by atoms with E-state index in [9.17, 15) is 10.1 Å². The highest BCUT2D eigenvalue weighted by molar-refractivity contribution is 7.15. The standard InChI is InChI=1S/C15H22ClN5O2S/c1-4-15(2,3)20-9-12(21(22)23)13-18(5-6-19(13)10-20)8-11-7-17-14(16)24-11/h7H,4-6,8-10H2,1-3H3. The summed E-state index contributed by atoms with van der Waals surface area (Å²) in [6.07, 6.45) is 2.70. The third-order valence-corrected chi connectivity index (χ3v) is 6.09. The fourth-order valence-electron chi connectivity index (χ4n) is 3.13. The number of halogens is 1. The van der Waals surface area contributed by atoms with Gasteiger partial charge >= 0.3 is 0 Å². The zero-order valence-electron chi connectivity index (χ0n) is 14.2. The lowest BCUT2D eigenvalue weighted by atomic mass is 9.99. The molecule has 3 rings (SSSR count). The number of rotatable bonds is 5. The lowest BCUT2D eigenvalue weighted by Gasteiger charge is -2.43. The van der Waals surface area contributed by atoms with Gasteiger partial charge in [0.25, 0.3) is 5.70 Å². The molecule has 24 heavy (non-hydrogen) atoms. The molecule has 0 spiro atoms. The zero-order valence-corrected chi connectivity index (χ0v) is 15.7. The molecule has 0 atom stereocenters. The summed E-state index contributed by atoms with van der Waals surface area (Å²) in [6.45, 7) is 9.70. The average molecular weight is 372 g/mol. The van der Waals surface area contributed by atoms with Crippen molar-refractivity contribution in [2.75, 3.05) is 26.3 Å². The molecule has 1 aromatic heterocycles. The highest BCUT2D eigenvalue weighted by Crippen LogP contribution is 2.33. The molecule has 9 heteroatoms. The summed E-state index contributed by atoms with van der Waals surface area (Å²) in [5.41, 5.74) is 0.224. The van der Waals surface area contributed by atoms with E-state index in [1.807, 2.05) is 0 Å². The lowest BCUT2D eigenvalue weighted by molar-refractivity contribution is -0.434. The van der Waals surface area contributed by atoms with Crippen molar-refractivity contribution in [1.82, 2.24) is 19.7 Å².